The molecule has 0 amide bonds. The highest BCUT2D eigenvalue weighted by atomic mass is 35.5. The Morgan fingerprint density at radius 2 is 2.53 bits per heavy atom. The van der Waals surface area contributed by atoms with Crippen LogP contribution in [0.1, 0.15) is 12.8 Å². The molecule has 6 heteroatoms. The molecule has 0 bridgehead atoms. The number of nitrogens with zero attached hydrogens (tertiary/aromatic N) is 2. The van der Waals surface area contributed by atoms with Gasteiger partial charge in [-0.05, 0) is 12.8 Å². The van der Waals surface area contributed by atoms with Gasteiger partial charge in [0.2, 0.25) is 0 Å². The number of aliphatic hydroxyl groups is 1. The van der Waals surface area contributed by atoms with Crippen LogP contribution in [-0.2, 0) is 0 Å². The maximum absolute atomic E-state index is 11.3. The van der Waals surface area contributed by atoms with E-state index >= 15 is 0 Å². The van der Waals surface area contributed by atoms with E-state index in [9.17, 15) is 4.79 Å². The molecule has 0 aromatic carbocycles. The summed E-state index contributed by atoms with van der Waals surface area (Å²) >= 11 is 5.89. The first kappa shape index (κ1) is 10.4. The molecule has 1 fully saturated rings. The van der Waals surface area contributed by atoms with Gasteiger partial charge in [0.05, 0.1) is 24.5 Å². The zero-order valence-corrected chi connectivity index (χ0v) is 8.87. The van der Waals surface area contributed by atoms with Crippen molar-refractivity contribution in [1.29, 1.82) is 0 Å². The molecular weight excluding hydrogens is 218 g/mol. The maximum atomic E-state index is 11.3. The van der Waals surface area contributed by atoms with Gasteiger partial charge in [-0.3, -0.25) is 4.79 Å². The zero-order chi connectivity index (χ0) is 10.8. The van der Waals surface area contributed by atoms with Crippen molar-refractivity contribution in [2.24, 2.45) is 0 Å². The lowest BCUT2D eigenvalue weighted by Crippen LogP contribution is -2.33. The summed E-state index contributed by atoms with van der Waals surface area (Å²) in [6.45, 7) is 0.874. The van der Waals surface area contributed by atoms with Gasteiger partial charge in [0.1, 0.15) is 5.02 Å². The highest BCUT2D eigenvalue weighted by molar-refractivity contribution is 6.33. The van der Waals surface area contributed by atoms with Gasteiger partial charge in [0, 0.05) is 6.54 Å². The van der Waals surface area contributed by atoms with Gasteiger partial charge in [-0.15, -0.1) is 0 Å². The minimum Gasteiger partial charge on any atom is -0.394 e. The van der Waals surface area contributed by atoms with Crippen LogP contribution in [0.15, 0.2) is 11.0 Å². The molecule has 0 unspecified atom stereocenters. The van der Waals surface area contributed by atoms with E-state index < -0.39 is 5.56 Å². The predicted octanol–water partition coefficient (Wildman–Crippen LogP) is 0.384. The second kappa shape index (κ2) is 4.20. The van der Waals surface area contributed by atoms with Crippen molar-refractivity contribution >= 4 is 17.3 Å². The summed E-state index contributed by atoms with van der Waals surface area (Å²) in [5.41, 5.74) is 0.217. The van der Waals surface area contributed by atoms with Crippen LogP contribution in [0.3, 0.4) is 0 Å². The summed E-state index contributed by atoms with van der Waals surface area (Å²) < 4.78 is 0. The van der Waals surface area contributed by atoms with E-state index in [2.05, 4.69) is 10.2 Å². The minimum absolute atomic E-state index is 0.0473. The first-order chi connectivity index (χ1) is 7.24. The Labute approximate surface area is 91.7 Å². The molecule has 1 aromatic heterocycles. The molecule has 15 heavy (non-hydrogen) atoms. The lowest BCUT2D eigenvalue weighted by Gasteiger charge is -2.25. The Morgan fingerprint density at radius 3 is 3.27 bits per heavy atom. The van der Waals surface area contributed by atoms with Crippen LogP contribution in [0.5, 0.6) is 0 Å². The molecule has 2 rings (SSSR count). The second-order valence-electron chi connectivity index (χ2n) is 3.57. The highest BCUT2D eigenvalue weighted by Gasteiger charge is 2.26. The van der Waals surface area contributed by atoms with Crippen molar-refractivity contribution in [2.75, 3.05) is 18.1 Å². The molecule has 0 aliphatic carbocycles. The molecule has 1 aliphatic rings. The number of H-pyrrole nitrogens is 1. The zero-order valence-electron chi connectivity index (χ0n) is 8.11. The number of anilines is 1. The maximum Gasteiger partial charge on any atom is 0.285 e. The van der Waals surface area contributed by atoms with Crippen molar-refractivity contribution in [3.8, 4) is 0 Å². The summed E-state index contributed by atoms with van der Waals surface area (Å²) in [5.74, 6) is 0. The van der Waals surface area contributed by atoms with Crippen LogP contribution in [-0.4, -0.2) is 34.5 Å². The first-order valence-electron chi connectivity index (χ1n) is 4.84. The van der Waals surface area contributed by atoms with Gasteiger partial charge in [-0.1, -0.05) is 11.6 Å². The average molecular weight is 230 g/mol. The fourth-order valence-electron chi connectivity index (χ4n) is 1.92. The SMILES string of the molecule is O=c1[nH]ncc(N2CCC[C@H]2CO)c1Cl. The molecule has 82 valence electrons. The Bertz CT molecular complexity index is 407. The van der Waals surface area contributed by atoms with Gasteiger partial charge in [-0.25, -0.2) is 5.10 Å². The lowest BCUT2D eigenvalue weighted by molar-refractivity contribution is 0.266. The molecule has 0 saturated carbocycles. The van der Waals surface area contributed by atoms with E-state index in [1.54, 1.807) is 0 Å². The molecule has 1 atom stereocenters. The van der Waals surface area contributed by atoms with E-state index in [1.165, 1.54) is 6.20 Å². The fourth-order valence-corrected chi connectivity index (χ4v) is 2.12. The van der Waals surface area contributed by atoms with Crippen molar-refractivity contribution in [2.45, 2.75) is 18.9 Å². The van der Waals surface area contributed by atoms with Gasteiger partial charge in [-0.2, -0.15) is 5.10 Å². The predicted molar refractivity (Wildman–Crippen MR) is 57.3 cm³/mol. The van der Waals surface area contributed by atoms with Crippen LogP contribution in [0.4, 0.5) is 5.69 Å². The number of rotatable bonds is 2. The molecule has 5 nitrogen and oxygen atoms in total. The van der Waals surface area contributed by atoms with Crippen LogP contribution in [0.25, 0.3) is 0 Å². The number of aliphatic hydroxyl groups excluding tert-OH is 1. The summed E-state index contributed by atoms with van der Waals surface area (Å²) in [6, 6.07) is 0.0473. The largest absolute Gasteiger partial charge is 0.394 e. The fraction of sp³-hybridized carbons (Fsp3) is 0.556. The molecule has 0 spiro atoms. The number of hydrogen-bond acceptors (Lipinski definition) is 4. The molecule has 1 aromatic rings. The van der Waals surface area contributed by atoms with E-state index in [0.29, 0.717) is 5.69 Å². The summed E-state index contributed by atoms with van der Waals surface area (Å²) in [7, 11) is 0. The van der Waals surface area contributed by atoms with Crippen molar-refractivity contribution < 1.29 is 5.11 Å². The second-order valence-corrected chi connectivity index (χ2v) is 3.95. The first-order valence-corrected chi connectivity index (χ1v) is 5.22. The number of hydrogen-bond donors (Lipinski definition) is 2. The van der Waals surface area contributed by atoms with Crippen molar-refractivity contribution in [1.82, 2.24) is 10.2 Å². The van der Waals surface area contributed by atoms with Crippen LogP contribution in [0, 0.1) is 0 Å². The van der Waals surface area contributed by atoms with Gasteiger partial charge >= 0.3 is 0 Å². The number of nitrogens with one attached hydrogen (secondary N) is 1. The Kier molecular flexibility index (Phi) is 2.93. The van der Waals surface area contributed by atoms with Crippen molar-refractivity contribution in [3.05, 3.63) is 21.6 Å². The quantitative estimate of drug-likeness (QED) is 0.770. The summed E-state index contributed by atoms with van der Waals surface area (Å²) in [6.07, 6.45) is 3.44. The normalized spacial score (nSPS) is 20.9. The van der Waals surface area contributed by atoms with E-state index in [-0.39, 0.29) is 17.7 Å². The van der Waals surface area contributed by atoms with Crippen LogP contribution in [0.2, 0.25) is 5.02 Å². The minimum atomic E-state index is -0.391. The third kappa shape index (κ3) is 1.85. The van der Waals surface area contributed by atoms with Gasteiger partial charge < -0.3 is 10.0 Å². The summed E-state index contributed by atoms with van der Waals surface area (Å²) in [4.78, 5) is 13.2. The average Bonchev–Trinajstić information content (AvgIpc) is 2.70. The monoisotopic (exact) mass is 229 g/mol. The third-order valence-electron chi connectivity index (χ3n) is 2.67. The number of aromatic amines is 1. The Hall–Kier alpha value is -1.07. The molecule has 1 saturated heterocycles. The Balaban J connectivity index is 2.36. The molecule has 1 aliphatic heterocycles. The molecule has 0 radical (unpaired) electrons. The Morgan fingerprint density at radius 1 is 1.73 bits per heavy atom. The highest BCUT2D eigenvalue weighted by Crippen LogP contribution is 2.28. The standard InChI is InChI=1S/C9H12ClN3O2/c10-8-7(4-11-12-9(8)15)13-3-1-2-6(13)5-14/h4,6,14H,1-3,5H2,(H,12,15)/t6-/m0/s1. The van der Waals surface area contributed by atoms with E-state index in [1.807, 2.05) is 4.90 Å². The smallest absolute Gasteiger partial charge is 0.285 e. The van der Waals surface area contributed by atoms with Crippen molar-refractivity contribution in [3.63, 3.8) is 0 Å². The van der Waals surface area contributed by atoms with E-state index in [4.69, 9.17) is 16.7 Å². The number of aromatic nitrogens is 2. The molecular formula is C9H12ClN3O2. The molecule has 2 N–H and O–H groups in total. The summed E-state index contributed by atoms with van der Waals surface area (Å²) in [5, 5.41) is 15.3. The third-order valence-corrected chi connectivity index (χ3v) is 3.04. The topological polar surface area (TPSA) is 69.2 Å². The van der Waals surface area contributed by atoms with Gasteiger partial charge in [0.25, 0.3) is 5.56 Å². The lowest BCUT2D eigenvalue weighted by atomic mass is 10.2. The van der Waals surface area contributed by atoms with E-state index in [0.717, 1.165) is 19.4 Å². The van der Waals surface area contributed by atoms with Crippen LogP contribution < -0.4 is 10.5 Å². The van der Waals surface area contributed by atoms with Gasteiger partial charge in [0.15, 0.2) is 0 Å². The number of halogens is 1. The molecule has 2 heterocycles. The van der Waals surface area contributed by atoms with Crippen LogP contribution >= 0.6 is 11.6 Å².